The van der Waals surface area contributed by atoms with Crippen LogP contribution in [-0.4, -0.2) is 11.0 Å². The van der Waals surface area contributed by atoms with Gasteiger partial charge in [-0.1, -0.05) is 0 Å². The summed E-state index contributed by atoms with van der Waals surface area (Å²) in [4.78, 5) is 0. The van der Waals surface area contributed by atoms with E-state index in [1.165, 1.54) is 0 Å². The monoisotopic (exact) mass is 130 g/mol. The molecule has 4 heavy (non-hydrogen) atoms. The first kappa shape index (κ1) is 8.94. The summed E-state index contributed by atoms with van der Waals surface area (Å²) < 4.78 is 0. The van der Waals surface area contributed by atoms with Crippen LogP contribution in [0.2, 0.25) is 0 Å². The van der Waals surface area contributed by atoms with E-state index in [-0.39, 0.29) is 11.0 Å². The highest BCUT2D eigenvalue weighted by Crippen LogP contribution is 2.08. The molecule has 0 saturated carbocycles. The molecule has 0 rings (SSSR count). The van der Waals surface area contributed by atoms with Crippen LogP contribution in [0, 0.1) is 0 Å². The summed E-state index contributed by atoms with van der Waals surface area (Å²) in [5, 5.41) is 0. The lowest BCUT2D eigenvalue weighted by Crippen LogP contribution is -0.745. The van der Waals surface area contributed by atoms with Crippen molar-refractivity contribution in [3.8, 4) is 0 Å². The van der Waals surface area contributed by atoms with Gasteiger partial charge in [-0.15, -0.1) is 0 Å². The lowest BCUT2D eigenvalue weighted by atomic mass is 28.1. The van der Waals surface area contributed by atoms with Crippen LogP contribution < -0.4 is 0 Å². The maximum atomic E-state index is 4.68. The first-order valence-electron chi connectivity index (χ1n) is 0.309. The fraction of sp³-hybridized carbons (Fsp3) is 0. The Labute approximate surface area is 42.9 Å². The Kier molecular flexibility index (Phi) is 19.9. The van der Waals surface area contributed by atoms with Crippen molar-refractivity contribution in [2.75, 3.05) is 0 Å². The molecular formula is Cl2SSi. The summed E-state index contributed by atoms with van der Waals surface area (Å²) in [6.07, 6.45) is 0. The number of hydrogen-bond acceptors (Lipinski definition) is 1. The van der Waals surface area contributed by atoms with Gasteiger partial charge >= 0.3 is 0 Å². The van der Waals surface area contributed by atoms with Gasteiger partial charge in [0.15, 0.2) is 0 Å². The number of rotatable bonds is 0. The average molecular weight is 131 g/mol. The molecule has 0 aromatic rings. The summed E-state index contributed by atoms with van der Waals surface area (Å²) >= 11 is 0. The molecule has 4 heteroatoms. The van der Waals surface area contributed by atoms with Crippen molar-refractivity contribution in [2.24, 2.45) is 0 Å². The predicted molar refractivity (Wildman–Crippen MR) is 25.1 cm³/mol. The van der Waals surface area contributed by atoms with Gasteiger partial charge in [0.1, 0.15) is 0 Å². The molecule has 0 bridgehead atoms. The van der Waals surface area contributed by atoms with Crippen molar-refractivity contribution in [3.05, 3.63) is 0 Å². The number of halogens is 2. The Morgan fingerprint density at radius 1 is 1.25 bits per heavy atom. The molecule has 24 valence electrons. The summed E-state index contributed by atoms with van der Waals surface area (Å²) in [5.74, 6) is 0. The lowest BCUT2D eigenvalue weighted by molar-refractivity contribution is 5.06. The molecule has 0 heterocycles. The highest BCUT2D eigenvalue weighted by Gasteiger charge is 1.43. The van der Waals surface area contributed by atoms with Crippen molar-refractivity contribution in [1.82, 2.24) is 0 Å². The summed E-state index contributed by atoms with van der Waals surface area (Å²) in [6.45, 7) is 0. The fourth-order valence-corrected chi connectivity index (χ4v) is 0. The van der Waals surface area contributed by atoms with E-state index in [9.17, 15) is 0 Å². The van der Waals surface area contributed by atoms with Crippen molar-refractivity contribution < 1.29 is 0 Å². The van der Waals surface area contributed by atoms with E-state index >= 15 is 0 Å². The standard InChI is InChI=1S/Cl2S.Si/c1-3-2;. The highest BCUT2D eigenvalue weighted by molar-refractivity contribution is 8.38. The molecule has 0 N–H and O–H groups in total. The van der Waals surface area contributed by atoms with Crippen LogP contribution in [-0.2, 0) is 0 Å². The van der Waals surface area contributed by atoms with Crippen molar-refractivity contribution in [3.63, 3.8) is 0 Å². The molecule has 0 saturated heterocycles. The molecule has 4 radical (unpaired) electrons. The van der Waals surface area contributed by atoms with E-state index in [1.807, 2.05) is 0 Å². The van der Waals surface area contributed by atoms with Gasteiger partial charge in [0.25, 0.3) is 0 Å². The number of hydrogen-bond donors (Lipinski definition) is 0. The van der Waals surface area contributed by atoms with E-state index in [1.54, 1.807) is 0 Å². The van der Waals surface area contributed by atoms with E-state index in [0.29, 0.717) is 10.2 Å². The third-order valence-corrected chi connectivity index (χ3v) is 0. The highest BCUT2D eigenvalue weighted by atomic mass is 36.0. The predicted octanol–water partition coefficient (Wildman–Crippen LogP) is 1.65. The smallest absolute Gasteiger partial charge is 0.0261 e. The van der Waals surface area contributed by atoms with Gasteiger partial charge in [-0.2, -0.15) is 0 Å². The SMILES string of the molecule is ClSCl.[Si]. The third-order valence-electron chi connectivity index (χ3n) is 0. The second-order valence-corrected chi connectivity index (χ2v) is 1.57. The molecule has 0 spiro atoms. The Balaban J connectivity index is 0. The van der Waals surface area contributed by atoms with Crippen LogP contribution >= 0.6 is 31.6 Å². The molecule has 0 nitrogen and oxygen atoms in total. The molecule has 0 aliphatic rings. The van der Waals surface area contributed by atoms with E-state index in [4.69, 9.17) is 0 Å². The van der Waals surface area contributed by atoms with Crippen LogP contribution in [0.3, 0.4) is 0 Å². The minimum absolute atomic E-state index is 0. The average Bonchev–Trinajstić information content (AvgIpc) is 0.918. The van der Waals surface area contributed by atoms with Gasteiger partial charge in [0.2, 0.25) is 0 Å². The minimum Gasteiger partial charge on any atom is -0.0261 e. The topological polar surface area (TPSA) is 0 Å². The first-order chi connectivity index (χ1) is 1.41. The van der Waals surface area contributed by atoms with Gasteiger partial charge in [0.05, 0.1) is 10.2 Å². The molecule has 0 aliphatic heterocycles. The minimum atomic E-state index is 0. The van der Waals surface area contributed by atoms with Gasteiger partial charge < -0.3 is 0 Å². The van der Waals surface area contributed by atoms with Gasteiger partial charge in [-0.25, -0.2) is 0 Å². The Hall–Kier alpha value is 1.15. The van der Waals surface area contributed by atoms with Crippen LogP contribution in [0.1, 0.15) is 0 Å². The lowest BCUT2D eigenvalue weighted by Gasteiger charge is -1.40. The quantitative estimate of drug-likeness (QED) is 0.450. The summed E-state index contributed by atoms with van der Waals surface area (Å²) in [5.41, 5.74) is 0. The van der Waals surface area contributed by atoms with Crippen LogP contribution in [0.4, 0.5) is 0 Å². The van der Waals surface area contributed by atoms with Gasteiger partial charge in [-0.05, 0) is 21.4 Å². The summed E-state index contributed by atoms with van der Waals surface area (Å²) in [7, 11) is 10.1. The molecule has 0 aromatic carbocycles. The van der Waals surface area contributed by atoms with E-state index in [2.05, 4.69) is 21.4 Å². The molecule has 0 amide bonds. The van der Waals surface area contributed by atoms with Crippen LogP contribution in [0.5, 0.6) is 0 Å². The van der Waals surface area contributed by atoms with E-state index < -0.39 is 0 Å². The summed E-state index contributed by atoms with van der Waals surface area (Å²) in [6, 6.07) is 0. The Morgan fingerprint density at radius 2 is 1.25 bits per heavy atom. The molecule has 0 fully saturated rings. The van der Waals surface area contributed by atoms with E-state index in [0.717, 1.165) is 0 Å². The Morgan fingerprint density at radius 3 is 1.25 bits per heavy atom. The zero-order valence-electron chi connectivity index (χ0n) is 1.66. The zero-order chi connectivity index (χ0) is 2.71. The first-order valence-corrected chi connectivity index (χ1v) is 2.78. The second-order valence-electron chi connectivity index (χ2n) is 0.0583. The fourth-order valence-electron chi connectivity index (χ4n) is 0. The van der Waals surface area contributed by atoms with Crippen molar-refractivity contribution >= 4 is 42.5 Å². The molecule has 0 aromatic heterocycles. The van der Waals surface area contributed by atoms with Gasteiger partial charge in [0, 0.05) is 11.0 Å². The Bertz CT molecular complexity index is 6.00. The van der Waals surface area contributed by atoms with Crippen LogP contribution in [0.25, 0.3) is 0 Å². The largest absolute Gasteiger partial charge is 0.0523 e. The molecule has 0 atom stereocenters. The molecule has 0 unspecified atom stereocenters. The van der Waals surface area contributed by atoms with Crippen molar-refractivity contribution in [1.29, 1.82) is 0 Å². The third kappa shape index (κ3) is 11.0. The molecular weight excluding hydrogens is 131 g/mol. The normalized spacial score (nSPS) is 4.50. The van der Waals surface area contributed by atoms with Gasteiger partial charge in [-0.3, -0.25) is 0 Å². The van der Waals surface area contributed by atoms with Crippen molar-refractivity contribution in [2.45, 2.75) is 0 Å². The molecule has 0 aliphatic carbocycles. The van der Waals surface area contributed by atoms with Crippen LogP contribution in [0.15, 0.2) is 0 Å². The zero-order valence-corrected chi connectivity index (χ0v) is 4.99. The second kappa shape index (κ2) is 8.91. The maximum Gasteiger partial charge on any atom is 0.0523 e. The maximum absolute atomic E-state index is 4.68.